The highest BCUT2D eigenvalue weighted by atomic mass is 32.2. The molecule has 0 fully saturated rings. The second-order valence-corrected chi connectivity index (χ2v) is 7.23. The SMILES string of the molecule is COc1cc(OC)cc(OCC(=O)Nc2ccc(CSc3ccccc3)cc2)c1. The van der Waals surface area contributed by atoms with E-state index < -0.39 is 0 Å². The number of anilines is 1. The summed E-state index contributed by atoms with van der Waals surface area (Å²) in [6.45, 7) is -0.109. The maximum absolute atomic E-state index is 12.2. The third-order valence-electron chi connectivity index (χ3n) is 4.08. The number of rotatable bonds is 9. The van der Waals surface area contributed by atoms with Crippen molar-refractivity contribution in [2.45, 2.75) is 10.6 Å². The van der Waals surface area contributed by atoms with Crippen LogP contribution in [0.1, 0.15) is 5.56 Å². The predicted octanol–water partition coefficient (Wildman–Crippen LogP) is 5.01. The maximum atomic E-state index is 12.2. The van der Waals surface area contributed by atoms with Crippen molar-refractivity contribution in [3.8, 4) is 17.2 Å². The lowest BCUT2D eigenvalue weighted by atomic mass is 10.2. The highest BCUT2D eigenvalue weighted by molar-refractivity contribution is 7.98. The van der Waals surface area contributed by atoms with Crippen LogP contribution in [-0.4, -0.2) is 26.7 Å². The molecule has 0 spiro atoms. The Labute approximate surface area is 175 Å². The van der Waals surface area contributed by atoms with E-state index in [0.29, 0.717) is 17.2 Å². The lowest BCUT2D eigenvalue weighted by Crippen LogP contribution is -2.20. The summed E-state index contributed by atoms with van der Waals surface area (Å²) in [5.41, 5.74) is 1.92. The number of methoxy groups -OCH3 is 2. The Morgan fingerprint density at radius 1 is 0.862 bits per heavy atom. The second-order valence-electron chi connectivity index (χ2n) is 6.18. The summed E-state index contributed by atoms with van der Waals surface area (Å²) >= 11 is 1.78. The largest absolute Gasteiger partial charge is 0.496 e. The van der Waals surface area contributed by atoms with Crippen molar-refractivity contribution in [2.75, 3.05) is 26.1 Å². The van der Waals surface area contributed by atoms with Crippen molar-refractivity contribution in [1.29, 1.82) is 0 Å². The molecule has 0 unspecified atom stereocenters. The van der Waals surface area contributed by atoms with Gasteiger partial charge in [-0.3, -0.25) is 4.79 Å². The minimum Gasteiger partial charge on any atom is -0.496 e. The zero-order valence-electron chi connectivity index (χ0n) is 16.4. The van der Waals surface area contributed by atoms with Gasteiger partial charge in [-0.05, 0) is 29.8 Å². The molecule has 3 aromatic rings. The number of ether oxygens (including phenoxy) is 3. The summed E-state index contributed by atoms with van der Waals surface area (Å²) in [5, 5.41) is 2.84. The Hall–Kier alpha value is -3.12. The summed E-state index contributed by atoms with van der Waals surface area (Å²) in [7, 11) is 3.13. The molecule has 0 heterocycles. The summed E-state index contributed by atoms with van der Waals surface area (Å²) in [6.07, 6.45) is 0. The first-order valence-corrected chi connectivity index (χ1v) is 10.1. The first kappa shape index (κ1) is 20.6. The molecular weight excluding hydrogens is 386 g/mol. The van der Waals surface area contributed by atoms with Gasteiger partial charge in [0.2, 0.25) is 0 Å². The molecule has 1 amide bonds. The Morgan fingerprint density at radius 2 is 1.48 bits per heavy atom. The summed E-state index contributed by atoms with van der Waals surface area (Å²) < 4.78 is 16.0. The van der Waals surface area contributed by atoms with Crippen molar-refractivity contribution in [3.05, 3.63) is 78.4 Å². The van der Waals surface area contributed by atoms with Gasteiger partial charge in [-0.25, -0.2) is 0 Å². The van der Waals surface area contributed by atoms with Gasteiger partial charge in [-0.15, -0.1) is 11.8 Å². The third-order valence-corrected chi connectivity index (χ3v) is 5.16. The fraction of sp³-hybridized carbons (Fsp3) is 0.174. The highest BCUT2D eigenvalue weighted by Gasteiger charge is 2.07. The van der Waals surface area contributed by atoms with E-state index in [2.05, 4.69) is 17.4 Å². The summed E-state index contributed by atoms with van der Waals surface area (Å²) in [5.74, 6) is 2.34. The van der Waals surface area contributed by atoms with E-state index in [1.54, 1.807) is 44.2 Å². The predicted molar refractivity (Wildman–Crippen MR) is 116 cm³/mol. The first-order chi connectivity index (χ1) is 14.2. The van der Waals surface area contributed by atoms with E-state index in [4.69, 9.17) is 14.2 Å². The van der Waals surface area contributed by atoms with E-state index in [9.17, 15) is 4.79 Å². The molecule has 150 valence electrons. The Morgan fingerprint density at radius 3 is 2.10 bits per heavy atom. The highest BCUT2D eigenvalue weighted by Crippen LogP contribution is 2.27. The number of hydrogen-bond donors (Lipinski definition) is 1. The molecule has 5 nitrogen and oxygen atoms in total. The van der Waals surface area contributed by atoms with Crippen molar-refractivity contribution in [3.63, 3.8) is 0 Å². The smallest absolute Gasteiger partial charge is 0.262 e. The van der Waals surface area contributed by atoms with E-state index in [0.717, 1.165) is 11.4 Å². The first-order valence-electron chi connectivity index (χ1n) is 9.09. The van der Waals surface area contributed by atoms with E-state index in [1.807, 2.05) is 42.5 Å². The van der Waals surface area contributed by atoms with Crippen molar-refractivity contribution in [2.24, 2.45) is 0 Å². The van der Waals surface area contributed by atoms with Crippen molar-refractivity contribution in [1.82, 2.24) is 0 Å². The van der Waals surface area contributed by atoms with E-state index >= 15 is 0 Å². The molecule has 3 aromatic carbocycles. The van der Waals surface area contributed by atoms with E-state index in [1.165, 1.54) is 10.5 Å². The lowest BCUT2D eigenvalue weighted by Gasteiger charge is -2.11. The quantitative estimate of drug-likeness (QED) is 0.503. The molecule has 0 atom stereocenters. The number of thioether (sulfide) groups is 1. The zero-order chi connectivity index (χ0) is 20.5. The number of hydrogen-bond acceptors (Lipinski definition) is 5. The molecule has 0 aliphatic heterocycles. The molecule has 0 saturated carbocycles. The molecule has 6 heteroatoms. The van der Waals surface area contributed by atoms with Gasteiger partial charge >= 0.3 is 0 Å². The van der Waals surface area contributed by atoms with Gasteiger partial charge in [-0.2, -0.15) is 0 Å². The summed E-state index contributed by atoms with van der Waals surface area (Å²) in [4.78, 5) is 13.4. The van der Waals surface area contributed by atoms with Crippen LogP contribution in [0.2, 0.25) is 0 Å². The normalized spacial score (nSPS) is 10.3. The number of nitrogens with one attached hydrogen (secondary N) is 1. The van der Waals surface area contributed by atoms with Crippen LogP contribution in [0.3, 0.4) is 0 Å². The molecule has 0 aliphatic rings. The van der Waals surface area contributed by atoms with Gasteiger partial charge in [-0.1, -0.05) is 30.3 Å². The minimum absolute atomic E-state index is 0.109. The van der Waals surface area contributed by atoms with Crippen LogP contribution in [0.25, 0.3) is 0 Å². The van der Waals surface area contributed by atoms with Gasteiger partial charge in [0.25, 0.3) is 5.91 Å². The van der Waals surface area contributed by atoms with Crippen LogP contribution in [0.5, 0.6) is 17.2 Å². The summed E-state index contributed by atoms with van der Waals surface area (Å²) in [6, 6.07) is 23.2. The molecule has 3 rings (SSSR count). The van der Waals surface area contributed by atoms with Crippen molar-refractivity contribution >= 4 is 23.4 Å². The van der Waals surface area contributed by atoms with E-state index in [-0.39, 0.29) is 12.5 Å². The second kappa shape index (κ2) is 10.4. The molecule has 29 heavy (non-hydrogen) atoms. The molecule has 0 radical (unpaired) electrons. The number of carbonyl (C=O) groups is 1. The molecule has 0 aliphatic carbocycles. The van der Waals surface area contributed by atoms with Crippen LogP contribution >= 0.6 is 11.8 Å². The fourth-order valence-electron chi connectivity index (χ4n) is 2.58. The van der Waals surface area contributed by atoms with Gasteiger partial charge in [0.1, 0.15) is 17.2 Å². The Kier molecular flexibility index (Phi) is 7.41. The molecular formula is C23H23NO4S. The standard InChI is InChI=1S/C23H23NO4S/c1-26-19-12-20(27-2)14-21(13-19)28-15-23(25)24-18-10-8-17(9-11-18)16-29-22-6-4-3-5-7-22/h3-14H,15-16H2,1-2H3,(H,24,25). The lowest BCUT2D eigenvalue weighted by molar-refractivity contribution is -0.118. The Bertz CT molecular complexity index is 907. The van der Waals surface area contributed by atoms with Crippen LogP contribution in [-0.2, 0) is 10.5 Å². The molecule has 0 saturated heterocycles. The van der Waals surface area contributed by atoms with Crippen LogP contribution < -0.4 is 19.5 Å². The number of amides is 1. The monoisotopic (exact) mass is 409 g/mol. The zero-order valence-corrected chi connectivity index (χ0v) is 17.2. The topological polar surface area (TPSA) is 56.8 Å². The fourth-order valence-corrected chi connectivity index (χ4v) is 3.45. The van der Waals surface area contributed by atoms with Crippen LogP contribution in [0.4, 0.5) is 5.69 Å². The van der Waals surface area contributed by atoms with Crippen molar-refractivity contribution < 1.29 is 19.0 Å². The third kappa shape index (κ3) is 6.47. The van der Waals surface area contributed by atoms with Gasteiger partial charge in [0, 0.05) is 34.5 Å². The average molecular weight is 410 g/mol. The average Bonchev–Trinajstić information content (AvgIpc) is 2.77. The van der Waals surface area contributed by atoms with Gasteiger partial charge in [0.15, 0.2) is 6.61 Å². The molecule has 0 bridgehead atoms. The Balaban J connectivity index is 1.49. The number of benzene rings is 3. The van der Waals surface area contributed by atoms with Gasteiger partial charge in [0.05, 0.1) is 14.2 Å². The molecule has 0 aromatic heterocycles. The van der Waals surface area contributed by atoms with Crippen LogP contribution in [0, 0.1) is 0 Å². The molecule has 1 N–H and O–H groups in total. The minimum atomic E-state index is -0.238. The van der Waals surface area contributed by atoms with Gasteiger partial charge < -0.3 is 19.5 Å². The number of carbonyl (C=O) groups excluding carboxylic acids is 1. The van der Waals surface area contributed by atoms with Crippen LogP contribution in [0.15, 0.2) is 77.7 Å². The maximum Gasteiger partial charge on any atom is 0.262 e.